The molecule has 0 atom stereocenters. The zero-order valence-corrected chi connectivity index (χ0v) is 10.7. The first-order chi connectivity index (χ1) is 8.19. The SMILES string of the molecule is CCOC(=O)C=Cc1cccc(OCC)c1Cl. The molecule has 3 nitrogen and oxygen atoms in total. The van der Waals surface area contributed by atoms with Gasteiger partial charge in [-0.05, 0) is 31.6 Å². The lowest BCUT2D eigenvalue weighted by molar-refractivity contribution is -0.137. The monoisotopic (exact) mass is 254 g/mol. The van der Waals surface area contributed by atoms with Crippen LogP contribution >= 0.6 is 11.6 Å². The van der Waals surface area contributed by atoms with Crippen LogP contribution in [-0.2, 0) is 9.53 Å². The fourth-order valence-electron chi connectivity index (χ4n) is 1.27. The van der Waals surface area contributed by atoms with Crippen molar-refractivity contribution in [3.8, 4) is 5.75 Å². The van der Waals surface area contributed by atoms with E-state index in [1.165, 1.54) is 6.08 Å². The molecular formula is C13H15ClO3. The Hall–Kier alpha value is -1.48. The smallest absolute Gasteiger partial charge is 0.330 e. The van der Waals surface area contributed by atoms with Gasteiger partial charge in [0, 0.05) is 6.08 Å². The summed E-state index contributed by atoms with van der Waals surface area (Å²) < 4.78 is 10.1. The van der Waals surface area contributed by atoms with Gasteiger partial charge in [0.15, 0.2) is 0 Å². The second-order valence-corrected chi connectivity index (χ2v) is 3.56. The quantitative estimate of drug-likeness (QED) is 0.597. The molecule has 0 spiro atoms. The van der Waals surface area contributed by atoms with Gasteiger partial charge in [-0.1, -0.05) is 23.7 Å². The van der Waals surface area contributed by atoms with Crippen molar-refractivity contribution in [2.24, 2.45) is 0 Å². The molecule has 0 unspecified atom stereocenters. The summed E-state index contributed by atoms with van der Waals surface area (Å²) in [6.07, 6.45) is 2.96. The molecule has 4 heteroatoms. The van der Waals surface area contributed by atoms with Crippen LogP contribution in [0.1, 0.15) is 19.4 Å². The maximum atomic E-state index is 11.2. The molecule has 0 heterocycles. The summed E-state index contributed by atoms with van der Waals surface area (Å²) >= 11 is 6.12. The molecule has 1 aromatic carbocycles. The molecule has 0 saturated heterocycles. The molecule has 0 aliphatic heterocycles. The van der Waals surface area contributed by atoms with Crippen LogP contribution < -0.4 is 4.74 Å². The molecule has 0 fully saturated rings. The van der Waals surface area contributed by atoms with E-state index >= 15 is 0 Å². The molecule has 0 aliphatic rings. The van der Waals surface area contributed by atoms with Gasteiger partial charge < -0.3 is 9.47 Å². The predicted octanol–water partition coefficient (Wildman–Crippen LogP) is 3.32. The summed E-state index contributed by atoms with van der Waals surface area (Å²) in [5, 5.41) is 0.495. The number of carbonyl (C=O) groups is 1. The van der Waals surface area contributed by atoms with Crippen LogP contribution in [-0.4, -0.2) is 19.2 Å². The minimum Gasteiger partial charge on any atom is -0.492 e. The molecule has 0 saturated carbocycles. The van der Waals surface area contributed by atoms with E-state index in [0.29, 0.717) is 24.0 Å². The van der Waals surface area contributed by atoms with Gasteiger partial charge in [-0.15, -0.1) is 0 Å². The van der Waals surface area contributed by atoms with Crippen LogP contribution in [0.3, 0.4) is 0 Å². The van der Waals surface area contributed by atoms with Gasteiger partial charge in [0.25, 0.3) is 0 Å². The summed E-state index contributed by atoms with van der Waals surface area (Å²) in [6.45, 7) is 4.55. The third-order valence-corrected chi connectivity index (χ3v) is 2.38. The first-order valence-corrected chi connectivity index (χ1v) is 5.83. The molecule has 17 heavy (non-hydrogen) atoms. The van der Waals surface area contributed by atoms with Crippen LogP contribution in [0.2, 0.25) is 5.02 Å². The largest absolute Gasteiger partial charge is 0.492 e. The van der Waals surface area contributed by atoms with Gasteiger partial charge in [-0.25, -0.2) is 4.79 Å². The molecule has 92 valence electrons. The van der Waals surface area contributed by atoms with E-state index in [1.54, 1.807) is 25.1 Å². The highest BCUT2D eigenvalue weighted by atomic mass is 35.5. The van der Waals surface area contributed by atoms with Crippen molar-refractivity contribution in [2.45, 2.75) is 13.8 Å². The zero-order chi connectivity index (χ0) is 12.7. The number of carbonyl (C=O) groups excluding carboxylic acids is 1. The summed E-state index contributed by atoms with van der Waals surface area (Å²) in [6, 6.07) is 5.41. The summed E-state index contributed by atoms with van der Waals surface area (Å²) in [7, 11) is 0. The van der Waals surface area contributed by atoms with Crippen LogP contribution in [0.5, 0.6) is 5.75 Å². The Bertz CT molecular complexity index is 413. The standard InChI is InChI=1S/C13H15ClO3/c1-3-16-11-7-5-6-10(13(11)14)8-9-12(15)17-4-2/h5-9H,3-4H2,1-2H3. The minimum absolute atomic E-state index is 0.357. The highest BCUT2D eigenvalue weighted by Crippen LogP contribution is 2.28. The molecule has 0 aromatic heterocycles. The van der Waals surface area contributed by atoms with Crippen molar-refractivity contribution in [3.63, 3.8) is 0 Å². The first kappa shape index (κ1) is 13.6. The summed E-state index contributed by atoms with van der Waals surface area (Å²) in [5.74, 6) is 0.227. The Kier molecular flexibility index (Phi) is 5.57. The third-order valence-electron chi connectivity index (χ3n) is 1.98. The fourth-order valence-corrected chi connectivity index (χ4v) is 1.52. The molecule has 0 radical (unpaired) electrons. The van der Waals surface area contributed by atoms with Gasteiger partial charge in [-0.2, -0.15) is 0 Å². The highest BCUT2D eigenvalue weighted by Gasteiger charge is 2.04. The molecule has 1 rings (SSSR count). The normalized spacial score (nSPS) is 10.5. The van der Waals surface area contributed by atoms with Gasteiger partial charge in [0.1, 0.15) is 5.75 Å². The molecular weight excluding hydrogens is 240 g/mol. The molecule has 0 N–H and O–H groups in total. The fraction of sp³-hybridized carbons (Fsp3) is 0.308. The van der Waals surface area contributed by atoms with Crippen molar-refractivity contribution in [1.82, 2.24) is 0 Å². The lowest BCUT2D eigenvalue weighted by Crippen LogP contribution is -1.98. The van der Waals surface area contributed by atoms with Crippen molar-refractivity contribution in [3.05, 3.63) is 34.9 Å². The Morgan fingerprint density at radius 1 is 1.35 bits per heavy atom. The van der Waals surface area contributed by atoms with E-state index < -0.39 is 0 Å². The van der Waals surface area contributed by atoms with E-state index in [2.05, 4.69) is 0 Å². The number of rotatable bonds is 5. The van der Waals surface area contributed by atoms with Gasteiger partial charge >= 0.3 is 5.97 Å². The number of esters is 1. The lowest BCUT2D eigenvalue weighted by atomic mass is 10.2. The number of hydrogen-bond acceptors (Lipinski definition) is 3. The van der Waals surface area contributed by atoms with Gasteiger partial charge in [0.05, 0.1) is 18.2 Å². The number of halogens is 1. The van der Waals surface area contributed by atoms with Crippen LogP contribution in [0.15, 0.2) is 24.3 Å². The molecule has 1 aromatic rings. The first-order valence-electron chi connectivity index (χ1n) is 5.45. The van der Waals surface area contributed by atoms with Crippen LogP contribution in [0, 0.1) is 0 Å². The maximum absolute atomic E-state index is 11.2. The van der Waals surface area contributed by atoms with E-state index in [1.807, 2.05) is 13.0 Å². The number of benzene rings is 1. The lowest BCUT2D eigenvalue weighted by Gasteiger charge is -2.07. The Morgan fingerprint density at radius 3 is 2.76 bits per heavy atom. The van der Waals surface area contributed by atoms with E-state index in [4.69, 9.17) is 21.1 Å². The second-order valence-electron chi connectivity index (χ2n) is 3.18. The van der Waals surface area contributed by atoms with E-state index in [-0.39, 0.29) is 5.97 Å². The highest BCUT2D eigenvalue weighted by molar-refractivity contribution is 6.33. The Morgan fingerprint density at radius 2 is 2.12 bits per heavy atom. The van der Waals surface area contributed by atoms with Gasteiger partial charge in [0.2, 0.25) is 0 Å². The summed E-state index contributed by atoms with van der Waals surface area (Å²) in [4.78, 5) is 11.2. The second kappa shape index (κ2) is 6.97. The van der Waals surface area contributed by atoms with E-state index in [9.17, 15) is 4.79 Å². The third kappa shape index (κ3) is 4.11. The van der Waals surface area contributed by atoms with Gasteiger partial charge in [-0.3, -0.25) is 0 Å². The number of hydrogen-bond donors (Lipinski definition) is 0. The molecule has 0 aliphatic carbocycles. The minimum atomic E-state index is -0.384. The van der Waals surface area contributed by atoms with Crippen molar-refractivity contribution < 1.29 is 14.3 Å². The number of ether oxygens (including phenoxy) is 2. The average Bonchev–Trinajstić information content (AvgIpc) is 2.31. The van der Waals surface area contributed by atoms with Crippen LogP contribution in [0.4, 0.5) is 0 Å². The van der Waals surface area contributed by atoms with Crippen molar-refractivity contribution in [1.29, 1.82) is 0 Å². The Labute approximate surface area is 106 Å². The van der Waals surface area contributed by atoms with Crippen molar-refractivity contribution >= 4 is 23.6 Å². The van der Waals surface area contributed by atoms with E-state index in [0.717, 1.165) is 5.56 Å². The van der Waals surface area contributed by atoms with Crippen molar-refractivity contribution in [2.75, 3.05) is 13.2 Å². The summed E-state index contributed by atoms with van der Waals surface area (Å²) in [5.41, 5.74) is 0.727. The maximum Gasteiger partial charge on any atom is 0.330 e. The van der Waals surface area contributed by atoms with Crippen LogP contribution in [0.25, 0.3) is 6.08 Å². The predicted molar refractivity (Wildman–Crippen MR) is 68.3 cm³/mol. The average molecular weight is 255 g/mol. The Balaban J connectivity index is 2.84. The topological polar surface area (TPSA) is 35.5 Å². The molecule has 0 bridgehead atoms. The zero-order valence-electron chi connectivity index (χ0n) is 9.90. The molecule has 0 amide bonds.